The zero-order chi connectivity index (χ0) is 20.8. The Kier molecular flexibility index (Phi) is 9.82. The maximum Gasteiger partial charge on any atom is 0.208 e. The van der Waals surface area contributed by atoms with Crippen LogP contribution in [-0.4, -0.2) is 61.6 Å². The monoisotopic (exact) mass is 547 g/mol. The Hall–Kier alpha value is -1.40. The molecule has 1 saturated heterocycles. The Morgan fingerprint density at radius 2 is 2.00 bits per heavy atom. The number of likely N-dealkylation sites (tertiary alicyclic amines) is 1. The van der Waals surface area contributed by atoms with E-state index in [0.29, 0.717) is 12.5 Å². The second-order valence-corrected chi connectivity index (χ2v) is 8.63. The number of anilines is 1. The van der Waals surface area contributed by atoms with Crippen molar-refractivity contribution >= 4 is 46.4 Å². The number of aromatic nitrogens is 2. The van der Waals surface area contributed by atoms with Crippen molar-refractivity contribution < 1.29 is 4.42 Å². The zero-order valence-electron chi connectivity index (χ0n) is 18.6. The summed E-state index contributed by atoms with van der Waals surface area (Å²) < 4.78 is 5.72. The lowest BCUT2D eigenvalue weighted by Gasteiger charge is -2.31. The minimum atomic E-state index is 0. The van der Waals surface area contributed by atoms with Gasteiger partial charge in [-0.15, -0.1) is 35.3 Å². The van der Waals surface area contributed by atoms with Gasteiger partial charge in [0, 0.05) is 33.1 Å². The molecule has 0 atom stereocenters. The van der Waals surface area contributed by atoms with Crippen LogP contribution < -0.4 is 15.5 Å². The van der Waals surface area contributed by atoms with Crippen molar-refractivity contribution in [3.8, 4) is 0 Å². The lowest BCUT2D eigenvalue weighted by molar-refractivity contribution is 0.164. The average molecular weight is 548 g/mol. The second kappa shape index (κ2) is 11.8. The summed E-state index contributed by atoms with van der Waals surface area (Å²) >= 11 is 1.65. The summed E-state index contributed by atoms with van der Waals surface area (Å²) in [4.78, 5) is 17.9. The van der Waals surface area contributed by atoms with Gasteiger partial charge in [-0.25, -0.2) is 9.97 Å². The van der Waals surface area contributed by atoms with Crippen molar-refractivity contribution in [1.82, 2.24) is 25.5 Å². The summed E-state index contributed by atoms with van der Waals surface area (Å²) in [7, 11) is 5.83. The normalized spacial score (nSPS) is 15.7. The molecule has 1 aliphatic heterocycles. The SMILES string of the molecule is CN=C(NCc1csc(N(C)C)n1)NCC1CCN(Cc2nc(C)c(C)o2)CC1.I. The number of halogens is 1. The van der Waals surface area contributed by atoms with Gasteiger partial charge in [0.1, 0.15) is 5.76 Å². The molecule has 0 aromatic carbocycles. The molecule has 0 aliphatic carbocycles. The van der Waals surface area contributed by atoms with Gasteiger partial charge in [0.25, 0.3) is 0 Å². The van der Waals surface area contributed by atoms with E-state index in [-0.39, 0.29) is 24.0 Å². The molecule has 168 valence electrons. The molecule has 3 rings (SSSR count). The van der Waals surface area contributed by atoms with E-state index < -0.39 is 0 Å². The van der Waals surface area contributed by atoms with E-state index in [2.05, 4.69) is 35.9 Å². The van der Waals surface area contributed by atoms with Crippen LogP contribution in [0.5, 0.6) is 0 Å². The topological polar surface area (TPSA) is 81.8 Å². The third-order valence-electron chi connectivity index (χ3n) is 5.28. The number of hydrogen-bond acceptors (Lipinski definition) is 7. The minimum Gasteiger partial charge on any atom is -0.444 e. The van der Waals surface area contributed by atoms with Crippen molar-refractivity contribution in [3.63, 3.8) is 0 Å². The number of guanidine groups is 1. The molecule has 3 heterocycles. The lowest BCUT2D eigenvalue weighted by atomic mass is 9.97. The van der Waals surface area contributed by atoms with Gasteiger partial charge in [-0.1, -0.05) is 0 Å². The molecule has 10 heteroatoms. The van der Waals surface area contributed by atoms with E-state index in [1.54, 1.807) is 11.3 Å². The Labute approximate surface area is 200 Å². The van der Waals surface area contributed by atoms with Crippen LogP contribution in [0, 0.1) is 19.8 Å². The molecule has 2 aromatic heterocycles. The third kappa shape index (κ3) is 7.09. The summed E-state index contributed by atoms with van der Waals surface area (Å²) in [5, 5.41) is 9.93. The molecule has 0 bridgehead atoms. The van der Waals surface area contributed by atoms with Gasteiger partial charge in [-0.05, 0) is 45.7 Å². The molecule has 8 nitrogen and oxygen atoms in total. The lowest BCUT2D eigenvalue weighted by Crippen LogP contribution is -2.42. The Morgan fingerprint density at radius 3 is 2.57 bits per heavy atom. The number of aryl methyl sites for hydroxylation is 2. The third-order valence-corrected chi connectivity index (χ3v) is 6.34. The summed E-state index contributed by atoms with van der Waals surface area (Å²) in [5.74, 6) is 3.24. The molecule has 2 N–H and O–H groups in total. The molecule has 0 amide bonds. The molecule has 0 radical (unpaired) electrons. The summed E-state index contributed by atoms with van der Waals surface area (Å²) in [6.45, 7) is 8.54. The highest BCUT2D eigenvalue weighted by molar-refractivity contribution is 14.0. The second-order valence-electron chi connectivity index (χ2n) is 7.79. The maximum absolute atomic E-state index is 5.72. The largest absolute Gasteiger partial charge is 0.444 e. The highest BCUT2D eigenvalue weighted by Gasteiger charge is 2.21. The summed E-state index contributed by atoms with van der Waals surface area (Å²) in [6, 6.07) is 0. The van der Waals surface area contributed by atoms with Crippen LogP contribution in [0.15, 0.2) is 14.8 Å². The van der Waals surface area contributed by atoms with E-state index >= 15 is 0 Å². The quantitative estimate of drug-likeness (QED) is 0.314. The van der Waals surface area contributed by atoms with Gasteiger partial charge in [-0.2, -0.15) is 0 Å². The van der Waals surface area contributed by atoms with Gasteiger partial charge in [0.2, 0.25) is 5.89 Å². The number of piperidine rings is 1. The highest BCUT2D eigenvalue weighted by Crippen LogP contribution is 2.19. The predicted octanol–water partition coefficient (Wildman–Crippen LogP) is 3.01. The first kappa shape index (κ1) is 24.9. The number of nitrogens with one attached hydrogen (secondary N) is 2. The summed E-state index contributed by atoms with van der Waals surface area (Å²) in [5.41, 5.74) is 2.03. The van der Waals surface area contributed by atoms with Crippen molar-refractivity contribution in [1.29, 1.82) is 0 Å². The number of oxazole rings is 1. The fraction of sp³-hybridized carbons (Fsp3) is 0.650. The molecule has 0 saturated carbocycles. The predicted molar refractivity (Wildman–Crippen MR) is 134 cm³/mol. The molecule has 1 aliphatic rings. The first-order valence-electron chi connectivity index (χ1n) is 10.2. The standard InChI is InChI=1S/C20H33N7OS.HI/c1-14-15(2)28-18(24-14)12-27-8-6-16(7-9-27)10-22-19(21-3)23-11-17-13-29-20(25-17)26(4)5;/h13,16H,6-12H2,1-5H3,(H2,21,22,23);1H. The van der Waals surface area contributed by atoms with E-state index in [9.17, 15) is 0 Å². The maximum atomic E-state index is 5.72. The van der Waals surface area contributed by atoms with Crippen molar-refractivity contribution in [2.45, 2.75) is 39.8 Å². The molecule has 0 unspecified atom stereocenters. The van der Waals surface area contributed by atoms with Crippen LogP contribution >= 0.6 is 35.3 Å². The van der Waals surface area contributed by atoms with Crippen LogP contribution in [0.4, 0.5) is 5.13 Å². The number of thiazole rings is 1. The highest BCUT2D eigenvalue weighted by atomic mass is 127. The molecular weight excluding hydrogens is 513 g/mol. The Morgan fingerprint density at radius 1 is 1.27 bits per heavy atom. The minimum absolute atomic E-state index is 0. The molecule has 1 fully saturated rings. The van der Waals surface area contributed by atoms with E-state index in [4.69, 9.17) is 4.42 Å². The smallest absolute Gasteiger partial charge is 0.208 e. The first-order chi connectivity index (χ1) is 13.9. The van der Waals surface area contributed by atoms with Crippen molar-refractivity contribution in [3.05, 3.63) is 28.4 Å². The number of rotatable bonds is 7. The van der Waals surface area contributed by atoms with E-state index in [0.717, 1.165) is 60.3 Å². The van der Waals surface area contributed by atoms with Crippen LogP contribution in [0.25, 0.3) is 0 Å². The average Bonchev–Trinajstić information content (AvgIpc) is 3.30. The van der Waals surface area contributed by atoms with Gasteiger partial charge >= 0.3 is 0 Å². The van der Waals surface area contributed by atoms with Crippen LogP contribution in [-0.2, 0) is 13.1 Å². The van der Waals surface area contributed by atoms with Crippen molar-refractivity contribution in [2.75, 3.05) is 45.7 Å². The van der Waals surface area contributed by atoms with Gasteiger partial charge in [-0.3, -0.25) is 9.89 Å². The van der Waals surface area contributed by atoms with Gasteiger partial charge < -0.3 is 20.0 Å². The van der Waals surface area contributed by atoms with Crippen LogP contribution in [0.3, 0.4) is 0 Å². The van der Waals surface area contributed by atoms with Crippen LogP contribution in [0.2, 0.25) is 0 Å². The van der Waals surface area contributed by atoms with Crippen molar-refractivity contribution in [2.24, 2.45) is 10.9 Å². The zero-order valence-corrected chi connectivity index (χ0v) is 21.7. The van der Waals surface area contributed by atoms with Crippen LogP contribution in [0.1, 0.15) is 35.9 Å². The molecule has 0 spiro atoms. The number of hydrogen-bond donors (Lipinski definition) is 2. The molecule has 2 aromatic rings. The number of nitrogens with zero attached hydrogens (tertiary/aromatic N) is 5. The Balaban J connectivity index is 0.00000320. The fourth-order valence-corrected chi connectivity index (χ4v) is 4.12. The van der Waals surface area contributed by atoms with Gasteiger partial charge in [0.15, 0.2) is 11.1 Å². The van der Waals surface area contributed by atoms with E-state index in [1.807, 2.05) is 39.9 Å². The van der Waals surface area contributed by atoms with Gasteiger partial charge in [0.05, 0.1) is 24.5 Å². The molecule has 30 heavy (non-hydrogen) atoms. The first-order valence-corrected chi connectivity index (χ1v) is 11.0. The Bertz CT molecular complexity index is 792. The number of aliphatic imine (C=N–C) groups is 1. The fourth-order valence-electron chi connectivity index (χ4n) is 3.37. The van der Waals surface area contributed by atoms with E-state index in [1.165, 1.54) is 12.8 Å². The summed E-state index contributed by atoms with van der Waals surface area (Å²) in [6.07, 6.45) is 2.34. The molecular formula is C20H34IN7OS.